The molecule has 124 valence electrons. The maximum absolute atomic E-state index is 12.3. The van der Waals surface area contributed by atoms with E-state index in [1.54, 1.807) is 24.3 Å². The number of carbonyl (C=O) groups excluding carboxylic acids is 1. The van der Waals surface area contributed by atoms with Crippen molar-refractivity contribution in [1.29, 1.82) is 0 Å². The summed E-state index contributed by atoms with van der Waals surface area (Å²) in [5, 5.41) is 1.34. The Morgan fingerprint density at radius 3 is 2.92 bits per heavy atom. The molecule has 0 unspecified atom stereocenters. The van der Waals surface area contributed by atoms with E-state index in [0.29, 0.717) is 27.2 Å². The molecule has 1 aliphatic heterocycles. The highest BCUT2D eigenvalue weighted by Crippen LogP contribution is 2.33. The topological polar surface area (TPSA) is 64.2 Å². The molecule has 4 rings (SSSR count). The van der Waals surface area contributed by atoms with Crippen molar-refractivity contribution in [2.45, 2.75) is 5.16 Å². The van der Waals surface area contributed by atoms with Gasteiger partial charge in [0.1, 0.15) is 0 Å². The number of imidazole rings is 1. The number of halogens is 2. The van der Waals surface area contributed by atoms with Crippen molar-refractivity contribution in [3.05, 3.63) is 47.0 Å². The van der Waals surface area contributed by atoms with E-state index in [-0.39, 0.29) is 35.3 Å². The molecule has 1 aliphatic rings. The summed E-state index contributed by atoms with van der Waals surface area (Å²) in [4.78, 5) is 19.9. The number of aromatic amines is 1. The van der Waals surface area contributed by atoms with Crippen molar-refractivity contribution >= 4 is 57.2 Å². The fourth-order valence-corrected chi connectivity index (χ4v) is 3.27. The van der Waals surface area contributed by atoms with Crippen molar-refractivity contribution in [3.8, 4) is 11.5 Å². The minimum atomic E-state index is 0. The monoisotopic (exact) mass is 426 g/mol. The van der Waals surface area contributed by atoms with Gasteiger partial charge in [-0.2, -0.15) is 0 Å². The van der Waals surface area contributed by atoms with E-state index in [0.717, 1.165) is 11.0 Å². The largest absolute Gasteiger partial charge is 0.454 e. The molecule has 0 aliphatic carbocycles. The number of Topliss-reactive ketones (excluding diaryl/α,β-unsaturated/α-hetero) is 1. The third-order valence-electron chi connectivity index (χ3n) is 3.46. The molecule has 0 fully saturated rings. The number of nitrogens with zero attached hydrogens (tertiary/aromatic N) is 1. The van der Waals surface area contributed by atoms with Crippen LogP contribution in [0.25, 0.3) is 11.0 Å². The molecule has 2 heterocycles. The van der Waals surface area contributed by atoms with Gasteiger partial charge >= 0.3 is 0 Å². The second-order valence-electron chi connectivity index (χ2n) is 4.98. The second kappa shape index (κ2) is 7.04. The molecule has 0 spiro atoms. The standard InChI is InChI=1S/C16H11ClN2O3S.BrH/c17-10-2-3-11-12(6-10)19-16(18-11)23-7-13(20)9-1-4-14-15(5-9)22-8-21-14;/h1-6H,7-8H2,(H,18,19);1H. The average molecular weight is 428 g/mol. The number of hydrogen-bond acceptors (Lipinski definition) is 5. The Bertz CT molecular complexity index is 915. The molecule has 0 saturated heterocycles. The van der Waals surface area contributed by atoms with Crippen LogP contribution in [0, 0.1) is 0 Å². The molecule has 3 aromatic rings. The Morgan fingerprint density at radius 1 is 1.21 bits per heavy atom. The van der Waals surface area contributed by atoms with Gasteiger partial charge in [0, 0.05) is 10.6 Å². The van der Waals surface area contributed by atoms with Gasteiger partial charge < -0.3 is 14.5 Å². The number of fused-ring (bicyclic) bond motifs is 2. The van der Waals surface area contributed by atoms with Gasteiger partial charge in [0.2, 0.25) is 6.79 Å². The van der Waals surface area contributed by atoms with Gasteiger partial charge in [-0.15, -0.1) is 17.0 Å². The maximum Gasteiger partial charge on any atom is 0.231 e. The molecule has 0 radical (unpaired) electrons. The van der Waals surface area contributed by atoms with Gasteiger partial charge in [0.05, 0.1) is 16.8 Å². The Hall–Kier alpha value is -1.70. The number of aromatic nitrogens is 2. The Morgan fingerprint density at radius 2 is 2.04 bits per heavy atom. The summed E-state index contributed by atoms with van der Waals surface area (Å²) < 4.78 is 10.5. The summed E-state index contributed by atoms with van der Waals surface area (Å²) in [6, 6.07) is 10.7. The minimum absolute atomic E-state index is 0. The normalized spacial score (nSPS) is 12.2. The van der Waals surface area contributed by atoms with Crippen LogP contribution in [0.2, 0.25) is 5.02 Å². The smallest absolute Gasteiger partial charge is 0.231 e. The Kier molecular flexibility index (Phi) is 5.03. The van der Waals surface area contributed by atoms with Crippen molar-refractivity contribution in [2.24, 2.45) is 0 Å². The second-order valence-corrected chi connectivity index (χ2v) is 6.38. The molecule has 24 heavy (non-hydrogen) atoms. The third-order valence-corrected chi connectivity index (χ3v) is 4.57. The molecule has 0 amide bonds. The average Bonchev–Trinajstić information content (AvgIpc) is 3.17. The van der Waals surface area contributed by atoms with Crippen molar-refractivity contribution in [3.63, 3.8) is 0 Å². The number of rotatable bonds is 4. The van der Waals surface area contributed by atoms with Crippen LogP contribution in [-0.4, -0.2) is 28.3 Å². The van der Waals surface area contributed by atoms with Gasteiger partial charge in [-0.3, -0.25) is 4.79 Å². The summed E-state index contributed by atoms with van der Waals surface area (Å²) in [6.07, 6.45) is 0. The lowest BCUT2D eigenvalue weighted by Crippen LogP contribution is -2.02. The minimum Gasteiger partial charge on any atom is -0.454 e. The molecule has 1 aromatic heterocycles. The van der Waals surface area contributed by atoms with Crippen LogP contribution >= 0.6 is 40.3 Å². The summed E-state index contributed by atoms with van der Waals surface area (Å²) >= 11 is 7.31. The molecule has 2 aromatic carbocycles. The number of benzene rings is 2. The number of hydrogen-bond donors (Lipinski definition) is 1. The van der Waals surface area contributed by atoms with E-state index in [1.807, 2.05) is 12.1 Å². The predicted octanol–water partition coefficient (Wildman–Crippen LogP) is 4.50. The highest BCUT2D eigenvalue weighted by Gasteiger charge is 2.16. The summed E-state index contributed by atoms with van der Waals surface area (Å²) in [5.41, 5.74) is 2.28. The lowest BCUT2D eigenvalue weighted by atomic mass is 10.1. The first-order chi connectivity index (χ1) is 11.2. The van der Waals surface area contributed by atoms with E-state index in [2.05, 4.69) is 9.97 Å². The van der Waals surface area contributed by atoms with Gasteiger partial charge in [0.25, 0.3) is 0 Å². The SMILES string of the molecule is Br.O=C(CSc1nc2ccc(Cl)cc2[nH]1)c1ccc2c(c1)OCO2. The zero-order valence-electron chi connectivity index (χ0n) is 12.2. The van der Waals surface area contributed by atoms with E-state index in [1.165, 1.54) is 11.8 Å². The Labute approximate surface area is 157 Å². The quantitative estimate of drug-likeness (QED) is 0.491. The highest BCUT2D eigenvalue weighted by atomic mass is 79.9. The predicted molar refractivity (Wildman–Crippen MR) is 99.0 cm³/mol. The van der Waals surface area contributed by atoms with E-state index >= 15 is 0 Å². The molecule has 5 nitrogen and oxygen atoms in total. The first-order valence-electron chi connectivity index (χ1n) is 6.90. The van der Waals surface area contributed by atoms with Gasteiger partial charge in [0.15, 0.2) is 22.4 Å². The van der Waals surface area contributed by atoms with E-state index in [4.69, 9.17) is 21.1 Å². The highest BCUT2D eigenvalue weighted by molar-refractivity contribution is 8.93. The Balaban J connectivity index is 0.00000169. The summed E-state index contributed by atoms with van der Waals surface area (Å²) in [7, 11) is 0. The number of ketones is 1. The zero-order valence-corrected chi connectivity index (χ0v) is 15.5. The fourth-order valence-electron chi connectivity index (χ4n) is 2.31. The maximum atomic E-state index is 12.3. The van der Waals surface area contributed by atoms with Crippen molar-refractivity contribution < 1.29 is 14.3 Å². The van der Waals surface area contributed by atoms with Crippen LogP contribution in [0.1, 0.15) is 10.4 Å². The van der Waals surface area contributed by atoms with Crippen LogP contribution in [-0.2, 0) is 0 Å². The first kappa shape index (κ1) is 17.1. The summed E-state index contributed by atoms with van der Waals surface area (Å²) in [6.45, 7) is 0.198. The molecule has 1 N–H and O–H groups in total. The lowest BCUT2D eigenvalue weighted by Gasteiger charge is -2.01. The van der Waals surface area contributed by atoms with Crippen LogP contribution < -0.4 is 9.47 Å². The number of carbonyl (C=O) groups is 1. The fraction of sp³-hybridized carbons (Fsp3) is 0.125. The van der Waals surface area contributed by atoms with Gasteiger partial charge in [-0.25, -0.2) is 4.98 Å². The molecular weight excluding hydrogens is 416 g/mol. The van der Waals surface area contributed by atoms with Gasteiger partial charge in [-0.1, -0.05) is 23.4 Å². The van der Waals surface area contributed by atoms with Gasteiger partial charge in [-0.05, 0) is 36.4 Å². The number of ether oxygens (including phenoxy) is 2. The lowest BCUT2D eigenvalue weighted by molar-refractivity contribution is 0.102. The van der Waals surface area contributed by atoms with E-state index < -0.39 is 0 Å². The molecule has 0 bridgehead atoms. The van der Waals surface area contributed by atoms with Crippen LogP contribution in [0.3, 0.4) is 0 Å². The number of thioether (sulfide) groups is 1. The molecular formula is C16H12BrClN2O3S. The van der Waals surface area contributed by atoms with Crippen LogP contribution in [0.5, 0.6) is 11.5 Å². The third kappa shape index (κ3) is 3.38. The van der Waals surface area contributed by atoms with Crippen molar-refractivity contribution in [2.75, 3.05) is 12.5 Å². The first-order valence-corrected chi connectivity index (χ1v) is 8.26. The molecule has 0 atom stereocenters. The molecule has 0 saturated carbocycles. The van der Waals surface area contributed by atoms with E-state index in [9.17, 15) is 4.79 Å². The van der Waals surface area contributed by atoms with Crippen molar-refractivity contribution in [1.82, 2.24) is 9.97 Å². The number of nitrogens with one attached hydrogen (secondary N) is 1. The molecule has 8 heteroatoms. The zero-order chi connectivity index (χ0) is 15.8. The summed E-state index contributed by atoms with van der Waals surface area (Å²) in [5.74, 6) is 1.57. The van der Waals surface area contributed by atoms with Crippen LogP contribution in [0.15, 0.2) is 41.6 Å². The van der Waals surface area contributed by atoms with Crippen LogP contribution in [0.4, 0.5) is 0 Å². The number of H-pyrrole nitrogens is 1.